The van der Waals surface area contributed by atoms with Crippen LogP contribution in [0.2, 0.25) is 0 Å². The monoisotopic (exact) mass is 312 g/mol. The molecule has 2 amide bonds. The van der Waals surface area contributed by atoms with Gasteiger partial charge in [-0.05, 0) is 49.2 Å². The number of anilines is 1. The van der Waals surface area contributed by atoms with Gasteiger partial charge < -0.3 is 15.4 Å². The zero-order valence-electron chi connectivity index (χ0n) is 13.5. The van der Waals surface area contributed by atoms with Crippen LogP contribution in [0.5, 0.6) is 5.75 Å². The Balaban J connectivity index is 1.97. The molecule has 0 unspecified atom stereocenters. The van der Waals surface area contributed by atoms with Crippen LogP contribution in [0.3, 0.4) is 0 Å². The topological polar surface area (TPSA) is 67.4 Å². The Hall–Kier alpha value is -2.82. The Bertz CT molecular complexity index is 726. The zero-order chi connectivity index (χ0) is 16.8. The number of amides is 2. The van der Waals surface area contributed by atoms with Crippen molar-refractivity contribution in [3.05, 3.63) is 59.2 Å². The molecule has 2 N–H and O–H groups in total. The van der Waals surface area contributed by atoms with Gasteiger partial charge in [0, 0.05) is 18.3 Å². The van der Waals surface area contributed by atoms with E-state index < -0.39 is 0 Å². The molecular formula is C18H20N2O3. The van der Waals surface area contributed by atoms with Gasteiger partial charge in [-0.25, -0.2) is 0 Å². The first-order valence-corrected chi connectivity index (χ1v) is 7.32. The van der Waals surface area contributed by atoms with Crippen molar-refractivity contribution in [2.24, 2.45) is 0 Å². The van der Waals surface area contributed by atoms with Crippen molar-refractivity contribution in [1.82, 2.24) is 5.32 Å². The Labute approximate surface area is 135 Å². The molecule has 5 nitrogen and oxygen atoms in total. The lowest BCUT2D eigenvalue weighted by atomic mass is 10.1. The van der Waals surface area contributed by atoms with E-state index in [2.05, 4.69) is 10.6 Å². The maximum atomic E-state index is 12.0. The second-order valence-electron chi connectivity index (χ2n) is 5.19. The van der Waals surface area contributed by atoms with E-state index in [-0.39, 0.29) is 18.4 Å². The van der Waals surface area contributed by atoms with Crippen LogP contribution in [0.1, 0.15) is 21.5 Å². The molecule has 5 heteroatoms. The molecule has 0 aliphatic rings. The molecule has 0 aliphatic carbocycles. The number of benzene rings is 2. The molecule has 2 aromatic carbocycles. The molecule has 0 fully saturated rings. The number of carbonyl (C=O) groups excluding carboxylic acids is 2. The molecule has 0 aliphatic heterocycles. The highest BCUT2D eigenvalue weighted by Gasteiger charge is 2.08. The number of hydrogen-bond donors (Lipinski definition) is 2. The molecule has 2 aromatic rings. The summed E-state index contributed by atoms with van der Waals surface area (Å²) in [6.45, 7) is 3.83. The Morgan fingerprint density at radius 3 is 2.57 bits per heavy atom. The van der Waals surface area contributed by atoms with E-state index in [9.17, 15) is 9.59 Å². The molecule has 2 rings (SSSR count). The Morgan fingerprint density at radius 1 is 1.09 bits per heavy atom. The molecule has 0 radical (unpaired) electrons. The van der Waals surface area contributed by atoms with Gasteiger partial charge in [0.05, 0.1) is 0 Å². The van der Waals surface area contributed by atoms with Gasteiger partial charge in [0.25, 0.3) is 11.8 Å². The van der Waals surface area contributed by atoms with E-state index in [4.69, 9.17) is 4.74 Å². The van der Waals surface area contributed by atoms with Crippen LogP contribution in [0.15, 0.2) is 42.5 Å². The van der Waals surface area contributed by atoms with E-state index in [1.807, 2.05) is 32.0 Å². The largest absolute Gasteiger partial charge is 0.484 e. The highest BCUT2D eigenvalue weighted by molar-refractivity contribution is 5.94. The SMILES string of the molecule is CNC(=O)c1cccc(OCC(=O)Nc2cccc(C)c2C)c1. The quantitative estimate of drug-likeness (QED) is 0.892. The van der Waals surface area contributed by atoms with E-state index in [1.165, 1.54) is 0 Å². The number of hydrogen-bond acceptors (Lipinski definition) is 3. The predicted octanol–water partition coefficient (Wildman–Crippen LogP) is 2.68. The fraction of sp³-hybridized carbons (Fsp3) is 0.222. The lowest BCUT2D eigenvalue weighted by Gasteiger charge is -2.11. The van der Waals surface area contributed by atoms with Crippen molar-refractivity contribution in [1.29, 1.82) is 0 Å². The Morgan fingerprint density at radius 2 is 1.83 bits per heavy atom. The zero-order valence-corrected chi connectivity index (χ0v) is 13.5. The fourth-order valence-electron chi connectivity index (χ4n) is 2.09. The molecule has 0 bridgehead atoms. The van der Waals surface area contributed by atoms with Gasteiger partial charge in [0.1, 0.15) is 5.75 Å². The number of carbonyl (C=O) groups is 2. The minimum Gasteiger partial charge on any atom is -0.484 e. The Kier molecular flexibility index (Phi) is 5.36. The van der Waals surface area contributed by atoms with Crippen molar-refractivity contribution in [2.75, 3.05) is 19.0 Å². The molecule has 0 spiro atoms. The van der Waals surface area contributed by atoms with Crippen molar-refractivity contribution < 1.29 is 14.3 Å². The second kappa shape index (κ2) is 7.45. The third-order valence-electron chi connectivity index (χ3n) is 3.57. The molecule has 23 heavy (non-hydrogen) atoms. The van der Waals surface area contributed by atoms with Crippen LogP contribution in [0, 0.1) is 13.8 Å². The highest BCUT2D eigenvalue weighted by atomic mass is 16.5. The first-order chi connectivity index (χ1) is 11.0. The number of nitrogens with one attached hydrogen (secondary N) is 2. The van der Waals surface area contributed by atoms with Crippen LogP contribution < -0.4 is 15.4 Å². The second-order valence-corrected chi connectivity index (χ2v) is 5.19. The highest BCUT2D eigenvalue weighted by Crippen LogP contribution is 2.18. The average Bonchev–Trinajstić information content (AvgIpc) is 2.56. The number of aryl methyl sites for hydroxylation is 1. The van der Waals surface area contributed by atoms with Crippen LogP contribution in [0.25, 0.3) is 0 Å². The summed E-state index contributed by atoms with van der Waals surface area (Å²) in [5, 5.41) is 5.37. The maximum absolute atomic E-state index is 12.0. The minimum absolute atomic E-state index is 0.120. The lowest BCUT2D eigenvalue weighted by Crippen LogP contribution is -2.21. The first-order valence-electron chi connectivity index (χ1n) is 7.32. The normalized spacial score (nSPS) is 10.0. The van der Waals surface area contributed by atoms with E-state index in [0.717, 1.165) is 16.8 Å². The van der Waals surface area contributed by atoms with Crippen LogP contribution >= 0.6 is 0 Å². The standard InChI is InChI=1S/C18H20N2O3/c1-12-6-4-9-16(13(12)2)20-17(21)11-23-15-8-5-7-14(10-15)18(22)19-3/h4-10H,11H2,1-3H3,(H,19,22)(H,20,21). The van der Waals surface area contributed by atoms with Gasteiger partial charge >= 0.3 is 0 Å². The van der Waals surface area contributed by atoms with Crippen LogP contribution in [0.4, 0.5) is 5.69 Å². The van der Waals surface area contributed by atoms with Gasteiger partial charge in [-0.15, -0.1) is 0 Å². The van der Waals surface area contributed by atoms with Gasteiger partial charge in [-0.2, -0.15) is 0 Å². The van der Waals surface area contributed by atoms with Crippen molar-refractivity contribution >= 4 is 17.5 Å². The molecule has 0 saturated heterocycles. The van der Waals surface area contributed by atoms with Gasteiger partial charge in [-0.1, -0.05) is 18.2 Å². The van der Waals surface area contributed by atoms with Crippen molar-refractivity contribution in [3.63, 3.8) is 0 Å². The molecular weight excluding hydrogens is 292 g/mol. The first kappa shape index (κ1) is 16.5. The summed E-state index contributed by atoms with van der Waals surface area (Å²) in [7, 11) is 1.56. The molecule has 0 saturated carbocycles. The van der Waals surface area contributed by atoms with Crippen molar-refractivity contribution in [2.45, 2.75) is 13.8 Å². The smallest absolute Gasteiger partial charge is 0.262 e. The molecule has 120 valence electrons. The summed E-state index contributed by atoms with van der Waals surface area (Å²) in [4.78, 5) is 23.6. The van der Waals surface area contributed by atoms with Gasteiger partial charge in [0.2, 0.25) is 0 Å². The average molecular weight is 312 g/mol. The summed E-state index contributed by atoms with van der Waals surface area (Å²) in [5.74, 6) is 0.0292. The van der Waals surface area contributed by atoms with E-state index in [0.29, 0.717) is 11.3 Å². The maximum Gasteiger partial charge on any atom is 0.262 e. The summed E-state index contributed by atoms with van der Waals surface area (Å²) in [6.07, 6.45) is 0. The molecule has 0 heterocycles. The number of rotatable bonds is 5. The van der Waals surface area contributed by atoms with Crippen LogP contribution in [-0.2, 0) is 4.79 Å². The summed E-state index contributed by atoms with van der Waals surface area (Å²) >= 11 is 0. The third-order valence-corrected chi connectivity index (χ3v) is 3.57. The van der Waals surface area contributed by atoms with Crippen LogP contribution in [-0.4, -0.2) is 25.5 Å². The van der Waals surface area contributed by atoms with Gasteiger partial charge in [-0.3, -0.25) is 9.59 Å². The molecule has 0 atom stereocenters. The van der Waals surface area contributed by atoms with E-state index >= 15 is 0 Å². The summed E-state index contributed by atoms with van der Waals surface area (Å²) in [6, 6.07) is 12.4. The predicted molar refractivity (Wildman–Crippen MR) is 89.9 cm³/mol. The third kappa shape index (κ3) is 4.32. The minimum atomic E-state index is -0.246. The lowest BCUT2D eigenvalue weighted by molar-refractivity contribution is -0.118. The van der Waals surface area contributed by atoms with Crippen molar-refractivity contribution in [3.8, 4) is 5.75 Å². The summed E-state index contributed by atoms with van der Waals surface area (Å²) < 4.78 is 5.45. The van der Waals surface area contributed by atoms with Gasteiger partial charge in [0.15, 0.2) is 6.61 Å². The fourth-order valence-corrected chi connectivity index (χ4v) is 2.09. The van der Waals surface area contributed by atoms with E-state index in [1.54, 1.807) is 31.3 Å². The summed E-state index contributed by atoms with van der Waals surface area (Å²) in [5.41, 5.74) is 3.40. The number of ether oxygens (including phenoxy) is 1. The molecule has 0 aromatic heterocycles.